The Morgan fingerprint density at radius 3 is 2.35 bits per heavy atom. The molecule has 1 aliphatic rings. The summed E-state index contributed by atoms with van der Waals surface area (Å²) >= 11 is 6.30. The number of ether oxygens (including phenoxy) is 1. The monoisotopic (exact) mass is 755 g/mol. The Kier molecular flexibility index (Phi) is 11.9. The summed E-state index contributed by atoms with van der Waals surface area (Å²) < 4.78 is 89.1. The minimum absolute atomic E-state index is 0.0141. The Morgan fingerprint density at radius 1 is 1.13 bits per heavy atom. The zero-order valence-electron chi connectivity index (χ0n) is 28.6. The zero-order valence-corrected chi connectivity index (χ0v) is 29.4. The van der Waals surface area contributed by atoms with Crippen LogP contribution in [-0.2, 0) is 4.74 Å². The van der Waals surface area contributed by atoms with Crippen LogP contribution in [0.25, 0.3) is 16.8 Å². The summed E-state index contributed by atoms with van der Waals surface area (Å²) in [6, 6.07) is 5.92. The van der Waals surface area contributed by atoms with Crippen molar-refractivity contribution in [2.75, 3.05) is 13.7 Å². The van der Waals surface area contributed by atoms with E-state index < -0.39 is 66.0 Å². The van der Waals surface area contributed by atoms with Gasteiger partial charge in [-0.05, 0) is 53.6 Å². The first kappa shape index (κ1) is 39.7. The SMILES string of the molecule is CC(C)(C)C.CN=C(N)N(C(=O)c1ccc(-c2cn[nH]c2)cc1F)C(COC(=O)NC1(C(F)(F)F)CC1)c1ccc(Cl)c(-n2ncnc2C(F)F)c1. The van der Waals surface area contributed by atoms with E-state index in [1.165, 1.54) is 49.8 Å². The van der Waals surface area contributed by atoms with Gasteiger partial charge in [0.1, 0.15) is 24.3 Å². The maximum absolute atomic E-state index is 15.5. The molecular weight excluding hydrogens is 720 g/mol. The van der Waals surface area contributed by atoms with Gasteiger partial charge in [-0.15, -0.1) is 0 Å². The Balaban J connectivity index is 0.00000113. The van der Waals surface area contributed by atoms with Crippen LogP contribution in [0.5, 0.6) is 0 Å². The van der Waals surface area contributed by atoms with Crippen LogP contribution in [-0.4, -0.2) is 73.2 Å². The molecule has 2 heterocycles. The third kappa shape index (κ3) is 9.40. The lowest BCUT2D eigenvalue weighted by Gasteiger charge is -2.31. The van der Waals surface area contributed by atoms with Gasteiger partial charge in [0, 0.05) is 18.8 Å². The molecule has 1 atom stereocenters. The average molecular weight is 756 g/mol. The van der Waals surface area contributed by atoms with Crippen molar-refractivity contribution < 1.29 is 40.7 Å². The van der Waals surface area contributed by atoms with Crippen molar-refractivity contribution in [2.24, 2.45) is 16.1 Å². The number of carbonyl (C=O) groups excluding carboxylic acids is 2. The van der Waals surface area contributed by atoms with Gasteiger partial charge < -0.3 is 15.8 Å². The molecule has 280 valence electrons. The lowest BCUT2D eigenvalue weighted by atomic mass is 10.0. The minimum Gasteiger partial charge on any atom is -0.447 e. The van der Waals surface area contributed by atoms with Crippen LogP contribution in [0.4, 0.5) is 31.1 Å². The largest absolute Gasteiger partial charge is 0.447 e. The van der Waals surface area contributed by atoms with E-state index in [0.29, 0.717) is 16.5 Å². The second kappa shape index (κ2) is 15.6. The van der Waals surface area contributed by atoms with Gasteiger partial charge in [-0.1, -0.05) is 51.4 Å². The Bertz CT molecular complexity index is 1900. The summed E-state index contributed by atoms with van der Waals surface area (Å²) in [5.41, 5.74) is 4.41. The molecule has 12 nitrogen and oxygen atoms in total. The highest BCUT2D eigenvalue weighted by Crippen LogP contribution is 2.49. The fraction of sp³-hybridized carbons (Fsp3) is 0.394. The van der Waals surface area contributed by atoms with E-state index in [-0.39, 0.29) is 29.1 Å². The molecule has 0 radical (unpaired) electrons. The molecule has 0 aliphatic heterocycles. The van der Waals surface area contributed by atoms with Crippen LogP contribution in [0.15, 0.2) is 60.1 Å². The third-order valence-electron chi connectivity index (χ3n) is 7.40. The Hall–Kier alpha value is -5.13. The van der Waals surface area contributed by atoms with Crippen molar-refractivity contribution in [3.8, 4) is 16.8 Å². The number of alkyl halides is 5. The molecule has 4 aromatic rings. The molecule has 1 aliphatic carbocycles. The van der Waals surface area contributed by atoms with Gasteiger partial charge in [0.25, 0.3) is 12.3 Å². The highest BCUT2D eigenvalue weighted by molar-refractivity contribution is 6.32. The van der Waals surface area contributed by atoms with E-state index >= 15 is 4.39 Å². The van der Waals surface area contributed by atoms with Gasteiger partial charge in [0.15, 0.2) is 11.8 Å². The molecule has 52 heavy (non-hydrogen) atoms. The number of hydrogen-bond acceptors (Lipinski definition) is 7. The molecule has 4 N–H and O–H groups in total. The summed E-state index contributed by atoms with van der Waals surface area (Å²) in [4.78, 5) is 34.7. The Labute approximate surface area is 299 Å². The molecule has 0 saturated heterocycles. The van der Waals surface area contributed by atoms with Crippen molar-refractivity contribution in [2.45, 2.75) is 64.7 Å². The number of halogens is 7. The number of hydrogen-bond donors (Lipinski definition) is 3. The fourth-order valence-corrected chi connectivity index (χ4v) is 4.91. The number of benzene rings is 2. The number of carbonyl (C=O) groups is 2. The molecule has 1 fully saturated rings. The first-order valence-electron chi connectivity index (χ1n) is 15.6. The van der Waals surface area contributed by atoms with Crippen LogP contribution >= 0.6 is 11.6 Å². The number of aromatic amines is 1. The number of nitrogens with zero attached hydrogens (tertiary/aromatic N) is 6. The predicted molar refractivity (Wildman–Crippen MR) is 179 cm³/mol. The van der Waals surface area contributed by atoms with Crippen molar-refractivity contribution >= 4 is 29.6 Å². The van der Waals surface area contributed by atoms with Gasteiger partial charge in [-0.2, -0.15) is 23.4 Å². The van der Waals surface area contributed by atoms with E-state index in [1.54, 1.807) is 5.32 Å². The second-order valence-electron chi connectivity index (χ2n) is 13.3. The second-order valence-corrected chi connectivity index (χ2v) is 13.7. The molecule has 2 amide bonds. The number of rotatable bonds is 9. The van der Waals surface area contributed by atoms with Crippen molar-refractivity contribution in [3.63, 3.8) is 0 Å². The molecule has 0 bridgehead atoms. The normalized spacial score (nSPS) is 14.7. The smallest absolute Gasteiger partial charge is 0.411 e. The average Bonchev–Trinajstić information content (AvgIpc) is 3.43. The van der Waals surface area contributed by atoms with Crippen molar-refractivity contribution in [1.29, 1.82) is 0 Å². The molecule has 0 spiro atoms. The summed E-state index contributed by atoms with van der Waals surface area (Å²) in [6.07, 6.45) is -6.24. The minimum atomic E-state index is -4.75. The zero-order chi connectivity index (χ0) is 38.6. The number of nitrogens with one attached hydrogen (secondary N) is 2. The van der Waals surface area contributed by atoms with Crippen molar-refractivity contribution in [3.05, 3.63) is 82.9 Å². The van der Waals surface area contributed by atoms with Gasteiger partial charge in [0.2, 0.25) is 0 Å². The molecule has 1 unspecified atom stereocenters. The third-order valence-corrected chi connectivity index (χ3v) is 7.72. The molecule has 19 heteroatoms. The highest BCUT2D eigenvalue weighted by Gasteiger charge is 2.64. The number of amides is 2. The standard InChI is InChI=1S/C28H24ClF6N9O3.C5H12/c1-37-25(36)43(24(45)17-4-2-14(8-19(17)30)16-10-39-40-11-16)21(12-47-26(46)42-27(6-7-27)28(33,34)35)15-3-5-18(29)20(9-15)44-23(22(31)32)38-13-41-44;1-5(2,3)4/h2-5,8-11,13,21-22H,6-7,12H2,1H3,(H2,36,37)(H,39,40)(H,42,46);1-4H3. The first-order valence-corrected chi connectivity index (χ1v) is 16.0. The summed E-state index contributed by atoms with van der Waals surface area (Å²) in [5.74, 6) is -3.36. The number of aliphatic imine (C=N–C) groups is 1. The summed E-state index contributed by atoms with van der Waals surface area (Å²) in [6.45, 7) is 7.90. The quantitative estimate of drug-likeness (QED) is 0.0914. The predicted octanol–water partition coefficient (Wildman–Crippen LogP) is 7.39. The van der Waals surface area contributed by atoms with Gasteiger partial charge in [-0.25, -0.2) is 27.6 Å². The maximum atomic E-state index is 15.5. The van der Waals surface area contributed by atoms with Crippen LogP contribution in [0.3, 0.4) is 0 Å². The molecule has 5 rings (SSSR count). The topological polar surface area (TPSA) is 156 Å². The molecular formula is C33H36ClF6N9O3. The van der Waals surface area contributed by atoms with Crippen LogP contribution in [0, 0.1) is 11.2 Å². The van der Waals surface area contributed by atoms with E-state index in [4.69, 9.17) is 22.1 Å². The first-order chi connectivity index (χ1) is 24.3. The fourth-order valence-electron chi connectivity index (χ4n) is 4.71. The number of aromatic nitrogens is 5. The van der Waals surface area contributed by atoms with Gasteiger partial charge in [-0.3, -0.25) is 19.8 Å². The highest BCUT2D eigenvalue weighted by atomic mass is 35.5. The lowest BCUT2D eigenvalue weighted by Crippen LogP contribution is -2.49. The lowest BCUT2D eigenvalue weighted by molar-refractivity contribution is -0.164. The number of alkyl carbamates (subject to hydrolysis) is 1. The number of H-pyrrole nitrogens is 1. The number of guanidine groups is 1. The molecule has 2 aromatic carbocycles. The summed E-state index contributed by atoms with van der Waals surface area (Å²) in [7, 11) is 1.20. The molecule has 1 saturated carbocycles. The van der Waals surface area contributed by atoms with E-state index in [9.17, 15) is 31.5 Å². The number of nitrogens with two attached hydrogens (primary N) is 1. The maximum Gasteiger partial charge on any atom is 0.411 e. The van der Waals surface area contributed by atoms with Gasteiger partial charge in [0.05, 0.1) is 28.5 Å². The molecule has 2 aromatic heterocycles. The Morgan fingerprint density at radius 2 is 1.81 bits per heavy atom. The van der Waals surface area contributed by atoms with Crippen LogP contribution in [0.1, 0.15) is 74.7 Å². The van der Waals surface area contributed by atoms with Crippen molar-refractivity contribution in [1.82, 2.24) is 35.2 Å². The van der Waals surface area contributed by atoms with E-state index in [0.717, 1.165) is 22.0 Å². The van der Waals surface area contributed by atoms with E-state index in [2.05, 4.69) is 53.0 Å². The van der Waals surface area contributed by atoms with Crippen LogP contribution in [0.2, 0.25) is 5.02 Å². The summed E-state index contributed by atoms with van der Waals surface area (Å²) in [5, 5.41) is 11.9. The van der Waals surface area contributed by atoms with E-state index in [1.807, 2.05) is 0 Å². The van der Waals surface area contributed by atoms with Gasteiger partial charge >= 0.3 is 12.3 Å². The van der Waals surface area contributed by atoms with Crippen LogP contribution < -0.4 is 11.1 Å².